The molecule has 5 rings (SSSR count). The SMILES string of the molecule is CC(C)(C)c1ccc2c(c1)c1cc(C(C)(C)C)cc3c1n2[B-](F)(F)[n+]1cnccc1-3. The molecule has 0 saturated carbocycles. The molecule has 1 aliphatic rings. The van der Waals surface area contributed by atoms with E-state index in [0.717, 1.165) is 31.9 Å². The van der Waals surface area contributed by atoms with Crippen LogP contribution >= 0.6 is 0 Å². The van der Waals surface area contributed by atoms with Crippen LogP contribution in [0, 0.1) is 0 Å². The van der Waals surface area contributed by atoms with Crippen molar-refractivity contribution < 1.29 is 13.1 Å². The van der Waals surface area contributed by atoms with Crippen LogP contribution in [0.3, 0.4) is 0 Å². The minimum atomic E-state index is -4.05. The van der Waals surface area contributed by atoms with Gasteiger partial charge in [-0.25, -0.2) is 0 Å². The lowest BCUT2D eigenvalue weighted by molar-refractivity contribution is -0.561. The summed E-state index contributed by atoms with van der Waals surface area (Å²) in [6, 6.07) is 11.8. The predicted molar refractivity (Wildman–Crippen MR) is 119 cm³/mol. The molecule has 2 aromatic heterocycles. The molecule has 4 aromatic rings. The minimum Gasteiger partial charge on any atom is -0.415 e. The van der Waals surface area contributed by atoms with Gasteiger partial charge in [-0.15, -0.1) is 0 Å². The van der Waals surface area contributed by atoms with E-state index >= 15 is 8.63 Å². The Labute approximate surface area is 175 Å². The maximum atomic E-state index is 15.8. The topological polar surface area (TPSA) is 21.7 Å². The van der Waals surface area contributed by atoms with Crippen molar-refractivity contribution in [2.45, 2.75) is 52.4 Å². The highest BCUT2D eigenvalue weighted by molar-refractivity contribution is 6.59. The van der Waals surface area contributed by atoms with E-state index in [-0.39, 0.29) is 10.8 Å². The van der Waals surface area contributed by atoms with Crippen LogP contribution in [0.15, 0.2) is 48.9 Å². The van der Waals surface area contributed by atoms with Gasteiger partial charge in [-0.05, 0) is 46.2 Å². The first-order valence-corrected chi connectivity index (χ1v) is 10.4. The van der Waals surface area contributed by atoms with Gasteiger partial charge in [-0.3, -0.25) is 0 Å². The molecule has 154 valence electrons. The highest BCUT2D eigenvalue weighted by Crippen LogP contribution is 2.43. The van der Waals surface area contributed by atoms with E-state index in [4.69, 9.17) is 0 Å². The highest BCUT2D eigenvalue weighted by Gasteiger charge is 2.45. The largest absolute Gasteiger partial charge is 0.639 e. The number of hydrogen-bond acceptors (Lipinski definition) is 1. The third kappa shape index (κ3) is 2.49. The Morgan fingerprint density at radius 1 is 0.867 bits per heavy atom. The third-order valence-corrected chi connectivity index (χ3v) is 6.34. The second-order valence-electron chi connectivity index (χ2n) is 10.5. The summed E-state index contributed by atoms with van der Waals surface area (Å²) in [5.41, 5.74) is 4.62. The number of rotatable bonds is 0. The fraction of sp³-hybridized carbons (Fsp3) is 0.333. The molecular formula is C24H26BF2N3. The van der Waals surface area contributed by atoms with Gasteiger partial charge >= 0.3 is 6.97 Å². The van der Waals surface area contributed by atoms with Gasteiger partial charge in [0.25, 0.3) is 0 Å². The quantitative estimate of drug-likeness (QED) is 0.338. The smallest absolute Gasteiger partial charge is 0.415 e. The minimum absolute atomic E-state index is 0.0669. The highest BCUT2D eigenvalue weighted by atomic mass is 19.2. The molecule has 0 N–H and O–H groups in total. The second-order valence-corrected chi connectivity index (χ2v) is 10.5. The van der Waals surface area contributed by atoms with E-state index < -0.39 is 6.97 Å². The Kier molecular flexibility index (Phi) is 3.64. The summed E-state index contributed by atoms with van der Waals surface area (Å²) in [6.07, 6.45) is 2.84. The third-order valence-electron chi connectivity index (χ3n) is 6.34. The summed E-state index contributed by atoms with van der Waals surface area (Å²) < 4.78 is 34.0. The lowest BCUT2D eigenvalue weighted by Crippen LogP contribution is -2.66. The summed E-state index contributed by atoms with van der Waals surface area (Å²) in [5.74, 6) is 0. The number of nitrogens with zero attached hydrogens (tertiary/aromatic N) is 3. The molecule has 6 heteroatoms. The van der Waals surface area contributed by atoms with Gasteiger partial charge in [0.05, 0.1) is 5.69 Å². The second kappa shape index (κ2) is 5.68. The lowest BCUT2D eigenvalue weighted by atomic mass is 9.82. The van der Waals surface area contributed by atoms with Gasteiger partial charge in [0.2, 0.25) is 6.33 Å². The molecule has 0 spiro atoms. The Balaban J connectivity index is 2.03. The van der Waals surface area contributed by atoms with Crippen molar-refractivity contribution in [3.63, 3.8) is 0 Å². The van der Waals surface area contributed by atoms with Gasteiger partial charge in [0.1, 0.15) is 6.20 Å². The molecule has 0 saturated heterocycles. The fourth-order valence-electron chi connectivity index (χ4n) is 4.57. The summed E-state index contributed by atoms with van der Waals surface area (Å²) in [7, 11) is 0. The normalized spacial score (nSPS) is 15.6. The van der Waals surface area contributed by atoms with E-state index in [0.29, 0.717) is 16.7 Å². The van der Waals surface area contributed by atoms with Crippen LogP contribution in [0.5, 0.6) is 0 Å². The molecular weight excluding hydrogens is 379 g/mol. The average Bonchev–Trinajstić information content (AvgIpc) is 3.00. The molecule has 0 atom stereocenters. The monoisotopic (exact) mass is 405 g/mol. The van der Waals surface area contributed by atoms with Gasteiger partial charge in [0, 0.05) is 33.4 Å². The number of halogens is 2. The Bertz CT molecular complexity index is 1340. The molecule has 1 aliphatic heterocycles. The van der Waals surface area contributed by atoms with E-state index in [9.17, 15) is 0 Å². The van der Waals surface area contributed by atoms with Crippen molar-refractivity contribution in [3.8, 4) is 11.3 Å². The van der Waals surface area contributed by atoms with Gasteiger partial charge in [0.15, 0.2) is 0 Å². The molecule has 3 heterocycles. The molecule has 30 heavy (non-hydrogen) atoms. The van der Waals surface area contributed by atoms with Crippen LogP contribution in [0.1, 0.15) is 52.7 Å². The van der Waals surface area contributed by atoms with Crippen molar-refractivity contribution in [2.75, 3.05) is 0 Å². The van der Waals surface area contributed by atoms with Crippen molar-refractivity contribution in [2.24, 2.45) is 0 Å². The van der Waals surface area contributed by atoms with Gasteiger partial charge in [-0.1, -0.05) is 52.6 Å². The Hall–Kier alpha value is -2.76. The molecule has 0 bridgehead atoms. The zero-order valence-corrected chi connectivity index (χ0v) is 18.3. The van der Waals surface area contributed by atoms with Gasteiger partial charge < -0.3 is 17.6 Å². The predicted octanol–water partition coefficient (Wildman–Crippen LogP) is 5.82. The summed E-state index contributed by atoms with van der Waals surface area (Å²) in [6.45, 7) is 8.86. The van der Waals surface area contributed by atoms with Crippen molar-refractivity contribution >= 4 is 28.8 Å². The van der Waals surface area contributed by atoms with Crippen LogP contribution in [-0.2, 0) is 10.8 Å². The molecule has 0 radical (unpaired) electrons. The maximum absolute atomic E-state index is 15.8. The molecule has 0 unspecified atom stereocenters. The number of fused-ring (bicyclic) bond motifs is 5. The zero-order chi connectivity index (χ0) is 21.6. The van der Waals surface area contributed by atoms with Crippen LogP contribution in [0.25, 0.3) is 33.1 Å². The molecule has 3 nitrogen and oxygen atoms in total. The first-order valence-electron chi connectivity index (χ1n) is 10.4. The first-order chi connectivity index (χ1) is 13.9. The Morgan fingerprint density at radius 2 is 1.53 bits per heavy atom. The number of aromatic nitrogens is 3. The Morgan fingerprint density at radius 3 is 2.20 bits per heavy atom. The summed E-state index contributed by atoms with van der Waals surface area (Å²) in [4.78, 5) is 4.00. The van der Waals surface area contributed by atoms with Crippen molar-refractivity contribution in [3.05, 3.63) is 60.0 Å². The first kappa shape index (κ1) is 19.2. The molecule has 2 aromatic carbocycles. The standard InChI is InChI=1S/C24H26BF2N3/c1-23(2,3)15-7-8-21-17(11-15)18-12-16(24(4,5)6)13-19-20-9-10-28-14-29(20)25(26,27)30(21)22(18)19/h7-14H,1-6H3. The lowest BCUT2D eigenvalue weighted by Gasteiger charge is -2.33. The molecule has 0 aliphatic carbocycles. The molecule has 0 fully saturated rings. The van der Waals surface area contributed by atoms with Crippen LogP contribution in [-0.4, -0.2) is 16.4 Å². The van der Waals surface area contributed by atoms with Crippen molar-refractivity contribution in [1.29, 1.82) is 0 Å². The van der Waals surface area contributed by atoms with E-state index in [1.807, 2.05) is 12.1 Å². The average molecular weight is 405 g/mol. The molecule has 0 amide bonds. The number of hydrogen-bond donors (Lipinski definition) is 0. The van der Waals surface area contributed by atoms with Crippen LogP contribution in [0.4, 0.5) is 8.63 Å². The van der Waals surface area contributed by atoms with E-state index in [1.54, 1.807) is 12.3 Å². The summed E-state index contributed by atoms with van der Waals surface area (Å²) >= 11 is 0. The zero-order valence-electron chi connectivity index (χ0n) is 18.3. The van der Waals surface area contributed by atoms with Gasteiger partial charge in [-0.2, -0.15) is 0 Å². The van der Waals surface area contributed by atoms with Crippen molar-refractivity contribution in [1.82, 2.24) is 9.46 Å². The maximum Gasteiger partial charge on any atom is 0.639 e. The van der Waals surface area contributed by atoms with E-state index in [2.05, 4.69) is 64.7 Å². The van der Waals surface area contributed by atoms with Crippen LogP contribution in [0.2, 0.25) is 0 Å². The van der Waals surface area contributed by atoms with E-state index in [1.165, 1.54) is 10.8 Å². The summed E-state index contributed by atoms with van der Waals surface area (Å²) in [5, 5.41) is 1.77. The fourth-order valence-corrected chi connectivity index (χ4v) is 4.57. The van der Waals surface area contributed by atoms with Crippen LogP contribution < -0.4 is 4.48 Å². The number of benzene rings is 2.